The normalized spacial score (nSPS) is 10.8. The van der Waals surface area contributed by atoms with Crippen molar-refractivity contribution in [1.29, 1.82) is 0 Å². The van der Waals surface area contributed by atoms with E-state index in [2.05, 4.69) is 15.3 Å². The van der Waals surface area contributed by atoms with Gasteiger partial charge in [0.05, 0.1) is 16.9 Å². The van der Waals surface area contributed by atoms with Crippen LogP contribution >= 0.6 is 23.2 Å². The van der Waals surface area contributed by atoms with Gasteiger partial charge in [0.15, 0.2) is 0 Å². The van der Waals surface area contributed by atoms with Crippen LogP contribution < -0.4 is 10.2 Å². The average Bonchev–Trinajstić information content (AvgIpc) is 2.85. The standard InChI is InChI=1S/C16H14Cl2N4O/c1-22(2)10-4-6-13(19-8-10)21-16(23)15-14(18)11-7-9(17)3-5-12(11)20-15/h3-8,20H,1-2H3,(H,19,21,23). The van der Waals surface area contributed by atoms with Gasteiger partial charge in [-0.3, -0.25) is 4.79 Å². The number of halogens is 2. The molecule has 0 aliphatic heterocycles. The van der Waals surface area contributed by atoms with Crippen molar-refractivity contribution in [2.24, 2.45) is 0 Å². The first-order valence-electron chi connectivity index (χ1n) is 6.87. The first kappa shape index (κ1) is 15.6. The Balaban J connectivity index is 1.87. The van der Waals surface area contributed by atoms with E-state index in [4.69, 9.17) is 23.2 Å². The molecular formula is C16H14Cl2N4O. The zero-order valence-electron chi connectivity index (χ0n) is 12.5. The van der Waals surface area contributed by atoms with Crippen molar-refractivity contribution in [3.63, 3.8) is 0 Å². The Bertz CT molecular complexity index is 872. The molecule has 1 amide bonds. The van der Waals surface area contributed by atoms with Gasteiger partial charge in [-0.25, -0.2) is 4.98 Å². The van der Waals surface area contributed by atoms with E-state index < -0.39 is 0 Å². The molecule has 0 fully saturated rings. The highest BCUT2D eigenvalue weighted by molar-refractivity contribution is 6.40. The van der Waals surface area contributed by atoms with Crippen LogP contribution in [0.3, 0.4) is 0 Å². The Labute approximate surface area is 143 Å². The van der Waals surface area contributed by atoms with E-state index in [1.807, 2.05) is 25.1 Å². The maximum absolute atomic E-state index is 12.4. The molecule has 2 aromatic heterocycles. The predicted molar refractivity (Wildman–Crippen MR) is 94.8 cm³/mol. The highest BCUT2D eigenvalue weighted by Gasteiger charge is 2.17. The van der Waals surface area contributed by atoms with Crippen LogP contribution in [0.25, 0.3) is 10.9 Å². The van der Waals surface area contributed by atoms with Gasteiger partial charge in [0.1, 0.15) is 11.5 Å². The van der Waals surface area contributed by atoms with Gasteiger partial charge in [-0.05, 0) is 30.3 Å². The molecule has 2 heterocycles. The zero-order valence-corrected chi connectivity index (χ0v) is 14.0. The van der Waals surface area contributed by atoms with Crippen LogP contribution in [-0.4, -0.2) is 30.0 Å². The molecule has 0 radical (unpaired) electrons. The Morgan fingerprint density at radius 3 is 2.65 bits per heavy atom. The molecule has 5 nitrogen and oxygen atoms in total. The van der Waals surface area contributed by atoms with Gasteiger partial charge in [-0.1, -0.05) is 23.2 Å². The molecule has 23 heavy (non-hydrogen) atoms. The third-order valence-electron chi connectivity index (χ3n) is 3.43. The summed E-state index contributed by atoms with van der Waals surface area (Å²) in [6.07, 6.45) is 1.68. The molecule has 0 saturated heterocycles. The summed E-state index contributed by atoms with van der Waals surface area (Å²) in [6.45, 7) is 0. The van der Waals surface area contributed by atoms with Crippen LogP contribution in [0.15, 0.2) is 36.5 Å². The number of hydrogen-bond acceptors (Lipinski definition) is 3. The van der Waals surface area contributed by atoms with Gasteiger partial charge in [0, 0.05) is 30.0 Å². The van der Waals surface area contributed by atoms with Gasteiger partial charge in [0.2, 0.25) is 0 Å². The molecule has 0 aliphatic carbocycles. The fraction of sp³-hybridized carbons (Fsp3) is 0.125. The van der Waals surface area contributed by atoms with Crippen molar-refractivity contribution in [2.45, 2.75) is 0 Å². The van der Waals surface area contributed by atoms with Crippen LogP contribution in [0, 0.1) is 0 Å². The lowest BCUT2D eigenvalue weighted by atomic mass is 10.2. The smallest absolute Gasteiger partial charge is 0.274 e. The molecule has 2 N–H and O–H groups in total. The molecule has 3 rings (SSSR count). The van der Waals surface area contributed by atoms with Gasteiger partial charge >= 0.3 is 0 Å². The fourth-order valence-corrected chi connectivity index (χ4v) is 2.65. The lowest BCUT2D eigenvalue weighted by Crippen LogP contribution is -2.14. The van der Waals surface area contributed by atoms with Crippen molar-refractivity contribution in [1.82, 2.24) is 9.97 Å². The molecule has 118 valence electrons. The lowest BCUT2D eigenvalue weighted by molar-refractivity contribution is 0.102. The van der Waals surface area contributed by atoms with E-state index in [0.29, 0.717) is 21.2 Å². The SMILES string of the molecule is CN(C)c1ccc(NC(=O)c2[nH]c3ccc(Cl)cc3c2Cl)nc1. The first-order chi connectivity index (χ1) is 11.0. The number of anilines is 2. The van der Waals surface area contributed by atoms with E-state index in [1.165, 1.54) is 0 Å². The number of nitrogens with zero attached hydrogens (tertiary/aromatic N) is 2. The summed E-state index contributed by atoms with van der Waals surface area (Å²) < 4.78 is 0. The highest BCUT2D eigenvalue weighted by Crippen LogP contribution is 2.30. The number of aromatic amines is 1. The number of carbonyl (C=O) groups excluding carboxylic acids is 1. The molecule has 1 aromatic carbocycles. The molecule has 3 aromatic rings. The highest BCUT2D eigenvalue weighted by atomic mass is 35.5. The Hall–Kier alpha value is -2.24. The number of rotatable bonds is 3. The molecule has 0 unspecified atom stereocenters. The molecule has 0 saturated carbocycles. The maximum atomic E-state index is 12.4. The number of aromatic nitrogens is 2. The van der Waals surface area contributed by atoms with E-state index in [1.54, 1.807) is 30.5 Å². The van der Waals surface area contributed by atoms with Crippen molar-refractivity contribution in [3.05, 3.63) is 52.3 Å². The Morgan fingerprint density at radius 1 is 1.22 bits per heavy atom. The summed E-state index contributed by atoms with van der Waals surface area (Å²) in [5.74, 6) is 0.0979. The average molecular weight is 349 g/mol. The summed E-state index contributed by atoms with van der Waals surface area (Å²) >= 11 is 12.2. The molecule has 0 aliphatic rings. The third-order valence-corrected chi connectivity index (χ3v) is 4.06. The van der Waals surface area contributed by atoms with Gasteiger partial charge < -0.3 is 15.2 Å². The van der Waals surface area contributed by atoms with E-state index in [9.17, 15) is 4.79 Å². The second kappa shape index (κ2) is 6.10. The number of carbonyl (C=O) groups is 1. The molecule has 7 heteroatoms. The van der Waals surface area contributed by atoms with Crippen molar-refractivity contribution < 1.29 is 4.79 Å². The van der Waals surface area contributed by atoms with Crippen molar-refractivity contribution in [2.75, 3.05) is 24.3 Å². The van der Waals surface area contributed by atoms with Gasteiger partial charge in [-0.2, -0.15) is 0 Å². The number of hydrogen-bond donors (Lipinski definition) is 2. The molecule has 0 bridgehead atoms. The van der Waals surface area contributed by atoms with E-state index >= 15 is 0 Å². The second-order valence-electron chi connectivity index (χ2n) is 5.25. The third kappa shape index (κ3) is 3.11. The number of nitrogens with one attached hydrogen (secondary N) is 2. The van der Waals surface area contributed by atoms with Gasteiger partial charge in [-0.15, -0.1) is 0 Å². The molecular weight excluding hydrogens is 335 g/mol. The monoisotopic (exact) mass is 348 g/mol. The van der Waals surface area contributed by atoms with E-state index in [0.717, 1.165) is 11.2 Å². The molecule has 0 atom stereocenters. The minimum atomic E-state index is -0.354. The number of benzene rings is 1. The second-order valence-corrected chi connectivity index (χ2v) is 6.07. The Kier molecular flexibility index (Phi) is 4.15. The summed E-state index contributed by atoms with van der Waals surface area (Å²) in [4.78, 5) is 21.5. The van der Waals surface area contributed by atoms with Crippen LogP contribution in [-0.2, 0) is 0 Å². The molecule has 0 spiro atoms. The van der Waals surface area contributed by atoms with Crippen molar-refractivity contribution >= 4 is 51.5 Å². The topological polar surface area (TPSA) is 61.0 Å². The lowest BCUT2D eigenvalue weighted by Gasteiger charge is -2.12. The predicted octanol–water partition coefficient (Wildman–Crippen LogP) is 4.19. The van der Waals surface area contributed by atoms with Crippen LogP contribution in [0.4, 0.5) is 11.5 Å². The summed E-state index contributed by atoms with van der Waals surface area (Å²) in [5, 5.41) is 4.33. The van der Waals surface area contributed by atoms with Crippen LogP contribution in [0.2, 0.25) is 10.0 Å². The summed E-state index contributed by atoms with van der Waals surface area (Å²) in [5.41, 5.74) is 1.98. The Morgan fingerprint density at radius 2 is 2.00 bits per heavy atom. The van der Waals surface area contributed by atoms with Crippen molar-refractivity contribution in [3.8, 4) is 0 Å². The minimum absolute atomic E-state index is 0.280. The number of H-pyrrole nitrogens is 1. The largest absolute Gasteiger partial charge is 0.376 e. The number of amides is 1. The van der Waals surface area contributed by atoms with Gasteiger partial charge in [0.25, 0.3) is 5.91 Å². The first-order valence-corrected chi connectivity index (χ1v) is 7.63. The summed E-state index contributed by atoms with van der Waals surface area (Å²) in [6, 6.07) is 8.84. The van der Waals surface area contributed by atoms with Crippen LogP contribution in [0.5, 0.6) is 0 Å². The number of fused-ring (bicyclic) bond motifs is 1. The fourth-order valence-electron chi connectivity index (χ4n) is 2.19. The van der Waals surface area contributed by atoms with Crippen LogP contribution in [0.1, 0.15) is 10.5 Å². The maximum Gasteiger partial charge on any atom is 0.274 e. The minimum Gasteiger partial charge on any atom is -0.376 e. The zero-order chi connectivity index (χ0) is 16.6. The van der Waals surface area contributed by atoms with E-state index in [-0.39, 0.29) is 11.6 Å². The number of pyridine rings is 1. The quantitative estimate of drug-likeness (QED) is 0.745. The summed E-state index contributed by atoms with van der Waals surface area (Å²) in [7, 11) is 3.84.